The van der Waals surface area contributed by atoms with Crippen LogP contribution in [0.1, 0.15) is 29.5 Å². The van der Waals surface area contributed by atoms with Crippen LogP contribution < -0.4 is 25.4 Å². The minimum absolute atomic E-state index is 0.411. The summed E-state index contributed by atoms with van der Waals surface area (Å²) >= 11 is 0. The van der Waals surface area contributed by atoms with Gasteiger partial charge in [-0.25, -0.2) is 8.99 Å². The molecule has 0 radical (unpaired) electrons. The molecule has 1 aromatic heterocycles. The molecule has 1 fully saturated rings. The third-order valence-electron chi connectivity index (χ3n) is 7.92. The number of benzene rings is 3. The van der Waals surface area contributed by atoms with Crippen molar-refractivity contribution in [3.63, 3.8) is 0 Å². The molecule has 3 aromatic carbocycles. The quantitative estimate of drug-likeness (QED) is 0.332. The lowest BCUT2D eigenvalue weighted by Crippen LogP contribution is -2.57. The molecule has 3 aliphatic rings. The van der Waals surface area contributed by atoms with Gasteiger partial charge in [0.05, 0.1) is 17.0 Å². The maximum absolute atomic E-state index is 13.5. The first-order chi connectivity index (χ1) is 17.7. The molecular formula is C32H27NO3. The molecule has 36 heavy (non-hydrogen) atoms. The van der Waals surface area contributed by atoms with E-state index in [1.165, 1.54) is 16.5 Å². The van der Waals surface area contributed by atoms with E-state index in [9.17, 15) is 10.2 Å². The minimum Gasteiger partial charge on any atom is -0.846 e. The van der Waals surface area contributed by atoms with Crippen molar-refractivity contribution in [3.8, 4) is 11.3 Å². The van der Waals surface area contributed by atoms with E-state index in [4.69, 9.17) is 4.42 Å². The molecule has 0 N–H and O–H groups in total. The molecule has 7 rings (SSSR count). The highest BCUT2D eigenvalue weighted by molar-refractivity contribution is 5.91. The van der Waals surface area contributed by atoms with Crippen LogP contribution in [0.4, 0.5) is 0 Å². The number of para-hydroxylation sites is 1. The van der Waals surface area contributed by atoms with Gasteiger partial charge in [-0.15, -0.1) is 0 Å². The fourth-order valence-electron chi connectivity index (χ4n) is 6.17. The summed E-state index contributed by atoms with van der Waals surface area (Å²) in [6.45, 7) is 2.22. The Kier molecular flexibility index (Phi) is 5.12. The normalized spacial score (nSPS) is 20.8. The molecule has 0 bridgehead atoms. The lowest BCUT2D eigenvalue weighted by atomic mass is 9.76. The van der Waals surface area contributed by atoms with Gasteiger partial charge in [-0.2, -0.15) is 0 Å². The molecule has 2 aliphatic heterocycles. The number of rotatable bonds is 2. The number of aryl methyl sites for hydroxylation is 2. The van der Waals surface area contributed by atoms with Gasteiger partial charge in [0, 0.05) is 35.6 Å². The number of nitrogens with zero attached hydrogens (tertiary/aromatic N) is 1. The Balaban J connectivity index is 1.34. The summed E-state index contributed by atoms with van der Waals surface area (Å²) in [6.07, 6.45) is 3.93. The van der Waals surface area contributed by atoms with Crippen LogP contribution in [0.25, 0.3) is 33.9 Å². The Morgan fingerprint density at radius 2 is 1.47 bits per heavy atom. The summed E-state index contributed by atoms with van der Waals surface area (Å²) in [7, 11) is 0. The van der Waals surface area contributed by atoms with E-state index in [2.05, 4.69) is 16.7 Å². The summed E-state index contributed by atoms with van der Waals surface area (Å²) in [4.78, 5) is 0. The van der Waals surface area contributed by atoms with Crippen molar-refractivity contribution in [2.24, 2.45) is 0 Å². The van der Waals surface area contributed by atoms with E-state index in [0.29, 0.717) is 16.9 Å². The highest BCUT2D eigenvalue weighted by Gasteiger charge is 2.29. The first-order valence-electron chi connectivity index (χ1n) is 12.9. The second-order valence-electron chi connectivity index (χ2n) is 10.1. The Hall–Kier alpha value is -3.60. The van der Waals surface area contributed by atoms with Crippen molar-refractivity contribution in [2.45, 2.75) is 37.9 Å². The molecule has 0 saturated heterocycles. The van der Waals surface area contributed by atoms with E-state index >= 15 is 0 Å². The minimum atomic E-state index is -1.10. The van der Waals surface area contributed by atoms with Crippen molar-refractivity contribution in [1.82, 2.24) is 4.58 Å². The Bertz CT molecular complexity index is 1620. The molecular weight excluding hydrogens is 446 g/mol. The smallest absolute Gasteiger partial charge is 0.361 e. The lowest BCUT2D eigenvalue weighted by Gasteiger charge is -2.52. The first kappa shape index (κ1) is 21.7. The van der Waals surface area contributed by atoms with Gasteiger partial charge in [0.25, 0.3) is 0 Å². The van der Waals surface area contributed by atoms with E-state index < -0.39 is 12.2 Å². The molecule has 2 unspecified atom stereocenters. The van der Waals surface area contributed by atoms with E-state index in [1.807, 2.05) is 66.7 Å². The predicted octanol–water partition coefficient (Wildman–Crippen LogP) is 2.47. The zero-order chi connectivity index (χ0) is 24.2. The zero-order valence-corrected chi connectivity index (χ0v) is 20.1. The maximum atomic E-state index is 13.5. The van der Waals surface area contributed by atoms with Gasteiger partial charge >= 0.3 is 11.3 Å². The SMILES string of the molecule is [O-]C1C(=Cc2cc(-c3ccccc3)[o+]c3ccccc23)C([O-])C1=c1cc2c3c(c1)CCC[N+]=3CCC2. The largest absolute Gasteiger partial charge is 0.846 e. The second-order valence-corrected chi connectivity index (χ2v) is 10.1. The van der Waals surface area contributed by atoms with Crippen LogP contribution in [-0.4, -0.2) is 25.3 Å². The van der Waals surface area contributed by atoms with Crippen LogP contribution in [0.5, 0.6) is 0 Å². The number of fused-ring (bicyclic) bond motifs is 1. The van der Waals surface area contributed by atoms with Crippen LogP contribution in [0.15, 0.2) is 82.8 Å². The highest BCUT2D eigenvalue weighted by Crippen LogP contribution is 2.35. The van der Waals surface area contributed by atoms with Crippen molar-refractivity contribution in [2.75, 3.05) is 13.1 Å². The van der Waals surface area contributed by atoms with Gasteiger partial charge < -0.3 is 10.2 Å². The van der Waals surface area contributed by atoms with Crippen LogP contribution >= 0.6 is 0 Å². The third-order valence-corrected chi connectivity index (χ3v) is 7.92. The Labute approximate surface area is 209 Å². The van der Waals surface area contributed by atoms with Gasteiger partial charge in [-0.1, -0.05) is 59.8 Å². The molecule has 3 heterocycles. The van der Waals surface area contributed by atoms with Crippen LogP contribution in [-0.2, 0) is 12.8 Å². The van der Waals surface area contributed by atoms with Crippen molar-refractivity contribution >= 4 is 22.6 Å². The Morgan fingerprint density at radius 3 is 2.19 bits per heavy atom. The number of hydrogen-bond donors (Lipinski definition) is 0. The van der Waals surface area contributed by atoms with Gasteiger partial charge in [-0.05, 0) is 48.4 Å². The standard InChI is InChI=1S/C32H27NO3/c34-31-26(18-23-19-28(20-8-2-1-3-9-20)36-27-13-5-4-12-25(23)27)32(35)29(31)24-16-21-10-6-14-33-15-7-11-22(17-24)30(21)33/h1-5,8-9,12-13,16-19,31-32H,6-7,10-11,14-15H2. The van der Waals surface area contributed by atoms with Crippen LogP contribution in [0, 0.1) is 0 Å². The number of hydrogen-bond acceptors (Lipinski definition) is 2. The topological polar surface area (TPSA) is 60.4 Å². The van der Waals surface area contributed by atoms with Crippen molar-refractivity contribution in [3.05, 3.63) is 106 Å². The molecule has 4 aromatic rings. The second kappa shape index (κ2) is 8.51. The Morgan fingerprint density at radius 1 is 0.806 bits per heavy atom. The van der Waals surface area contributed by atoms with E-state index in [-0.39, 0.29) is 0 Å². The maximum Gasteiger partial charge on any atom is 0.361 e. The zero-order valence-electron chi connectivity index (χ0n) is 20.1. The van der Waals surface area contributed by atoms with Crippen molar-refractivity contribution in [1.29, 1.82) is 0 Å². The molecule has 1 saturated carbocycles. The van der Waals surface area contributed by atoms with E-state index in [1.54, 1.807) is 0 Å². The molecule has 0 amide bonds. The molecule has 0 spiro atoms. The van der Waals surface area contributed by atoms with Gasteiger partial charge in [-0.3, -0.25) is 0 Å². The van der Waals surface area contributed by atoms with Gasteiger partial charge in [0.1, 0.15) is 13.1 Å². The average molecular weight is 474 g/mol. The molecule has 178 valence electrons. The first-order valence-corrected chi connectivity index (χ1v) is 12.9. The molecule has 4 nitrogen and oxygen atoms in total. The highest BCUT2D eigenvalue weighted by atomic mass is 16.3. The van der Waals surface area contributed by atoms with Crippen LogP contribution in [0.2, 0.25) is 0 Å². The van der Waals surface area contributed by atoms with Gasteiger partial charge in [0.2, 0.25) is 5.36 Å². The summed E-state index contributed by atoms with van der Waals surface area (Å²) in [5, 5.41) is 30.0. The fraction of sp³-hybridized carbons (Fsp3) is 0.250. The molecule has 1 aliphatic carbocycles. The molecule has 4 heteroatoms. The summed E-state index contributed by atoms with van der Waals surface area (Å²) < 4.78 is 8.65. The fourth-order valence-corrected chi connectivity index (χ4v) is 6.17. The summed E-state index contributed by atoms with van der Waals surface area (Å²) in [5.41, 5.74) is 6.06. The van der Waals surface area contributed by atoms with E-state index in [0.717, 1.165) is 66.1 Å². The third kappa shape index (κ3) is 3.44. The lowest BCUT2D eigenvalue weighted by molar-refractivity contribution is -0.448. The van der Waals surface area contributed by atoms with Crippen LogP contribution in [0.3, 0.4) is 0 Å². The predicted molar refractivity (Wildman–Crippen MR) is 138 cm³/mol. The average Bonchev–Trinajstić information content (AvgIpc) is 2.92. The summed E-state index contributed by atoms with van der Waals surface area (Å²) in [5.74, 6) is 0.716. The molecule has 2 atom stereocenters. The van der Waals surface area contributed by atoms with Crippen molar-refractivity contribution < 1.29 is 14.6 Å². The monoisotopic (exact) mass is 473 g/mol. The van der Waals surface area contributed by atoms with Gasteiger partial charge in [0.15, 0.2) is 0 Å². The summed E-state index contributed by atoms with van der Waals surface area (Å²) in [6, 6.07) is 23.9.